The van der Waals surface area contributed by atoms with E-state index in [1.54, 1.807) is 6.92 Å². The number of nitrogens with zero attached hydrogens (tertiary/aromatic N) is 1. The highest BCUT2D eigenvalue weighted by Crippen LogP contribution is 1.92. The molecule has 3 N–H and O–H groups in total. The molecule has 0 aromatic rings. The summed E-state index contributed by atoms with van der Waals surface area (Å²) in [7, 11) is 6.42. The fraction of sp³-hybridized carbons (Fsp3) is 0.538. The smallest absolute Gasteiger partial charge is 0.246 e. The number of nitrogens with two attached hydrogens (primary N) is 1. The van der Waals surface area contributed by atoms with Gasteiger partial charge in [-0.15, -0.1) is 0 Å². The summed E-state index contributed by atoms with van der Waals surface area (Å²) in [6.45, 7) is 10.2. The minimum Gasteiger partial charge on any atom is -0.366 e. The highest BCUT2D eigenvalue weighted by atomic mass is 16.1. The Morgan fingerprint density at radius 3 is 2.06 bits per heavy atom. The molecule has 0 bridgehead atoms. The molecule has 0 aliphatic carbocycles. The van der Waals surface area contributed by atoms with Crippen molar-refractivity contribution in [1.82, 2.24) is 5.32 Å². The van der Waals surface area contributed by atoms with Crippen LogP contribution < -0.4 is 11.1 Å². The number of nitrogens with one attached hydrogen (secondary N) is 1. The number of hydrogen-bond acceptors (Lipinski definition) is 2. The summed E-state index contributed by atoms with van der Waals surface area (Å²) in [6, 6.07) is 0. The lowest BCUT2D eigenvalue weighted by Crippen LogP contribution is -2.37. The molecule has 0 saturated carbocycles. The fourth-order valence-electron chi connectivity index (χ4n) is 0.906. The first-order valence-electron chi connectivity index (χ1n) is 5.76. The summed E-state index contributed by atoms with van der Waals surface area (Å²) in [5.41, 5.74) is 5.11. The van der Waals surface area contributed by atoms with Crippen LogP contribution >= 0.6 is 0 Å². The van der Waals surface area contributed by atoms with E-state index in [0.717, 1.165) is 30.1 Å². The molecule has 0 spiro atoms. The van der Waals surface area contributed by atoms with Gasteiger partial charge in [-0.1, -0.05) is 13.2 Å². The molecule has 2 amide bonds. The van der Waals surface area contributed by atoms with Gasteiger partial charge >= 0.3 is 0 Å². The molecule has 0 aromatic carbocycles. The molecule has 0 heterocycles. The van der Waals surface area contributed by atoms with E-state index < -0.39 is 5.91 Å². The van der Waals surface area contributed by atoms with Gasteiger partial charge in [0, 0.05) is 18.5 Å². The third kappa shape index (κ3) is 16.8. The Hall–Kier alpha value is -1.62. The van der Waals surface area contributed by atoms with Crippen molar-refractivity contribution in [3.05, 3.63) is 24.8 Å². The van der Waals surface area contributed by atoms with Gasteiger partial charge in [-0.3, -0.25) is 9.59 Å². The van der Waals surface area contributed by atoms with Crippen LogP contribution in [0.4, 0.5) is 0 Å². The molecule has 0 aromatic heterocycles. The normalized spacial score (nSPS) is 9.78. The fourth-order valence-corrected chi connectivity index (χ4v) is 0.906. The average Bonchev–Trinajstić information content (AvgIpc) is 2.23. The second-order valence-corrected chi connectivity index (χ2v) is 5.01. The van der Waals surface area contributed by atoms with Crippen molar-refractivity contribution in [2.24, 2.45) is 5.73 Å². The molecular weight excluding hydrogens is 230 g/mol. The molecule has 0 saturated heterocycles. The van der Waals surface area contributed by atoms with E-state index in [1.807, 2.05) is 0 Å². The van der Waals surface area contributed by atoms with Gasteiger partial charge in [0.2, 0.25) is 11.8 Å². The van der Waals surface area contributed by atoms with Crippen LogP contribution in [-0.4, -0.2) is 50.5 Å². The first kappa shape index (κ1) is 18.7. The van der Waals surface area contributed by atoms with Crippen LogP contribution in [0.15, 0.2) is 24.8 Å². The van der Waals surface area contributed by atoms with Gasteiger partial charge in [0.25, 0.3) is 0 Å². The highest BCUT2D eigenvalue weighted by molar-refractivity contribution is 5.92. The quantitative estimate of drug-likeness (QED) is 0.411. The van der Waals surface area contributed by atoms with Gasteiger partial charge in [-0.2, -0.15) is 0 Å². The van der Waals surface area contributed by atoms with Crippen LogP contribution in [0, 0.1) is 0 Å². The number of primary amides is 1. The molecule has 0 aliphatic heterocycles. The zero-order chi connectivity index (χ0) is 14.8. The van der Waals surface area contributed by atoms with E-state index in [0.29, 0.717) is 5.57 Å². The van der Waals surface area contributed by atoms with Gasteiger partial charge in [0.05, 0.1) is 27.7 Å². The maximum absolute atomic E-state index is 11.1. The van der Waals surface area contributed by atoms with Crippen LogP contribution in [0.2, 0.25) is 0 Å². The maximum atomic E-state index is 11.1. The summed E-state index contributed by atoms with van der Waals surface area (Å²) in [5.74, 6) is -0.522. The largest absolute Gasteiger partial charge is 0.366 e. The van der Waals surface area contributed by atoms with Crippen molar-refractivity contribution in [3.8, 4) is 0 Å². The number of amides is 2. The average molecular weight is 256 g/mol. The SMILES string of the molecule is C=C(C)C(=O)NCCC[N+](C)(C)C.C=CC(N)=O. The van der Waals surface area contributed by atoms with E-state index in [-0.39, 0.29) is 5.91 Å². The first-order chi connectivity index (χ1) is 8.10. The van der Waals surface area contributed by atoms with Crippen LogP contribution in [0.3, 0.4) is 0 Å². The molecule has 0 atom stereocenters. The van der Waals surface area contributed by atoms with Crippen molar-refractivity contribution in [2.75, 3.05) is 34.2 Å². The van der Waals surface area contributed by atoms with E-state index in [9.17, 15) is 9.59 Å². The molecule has 0 unspecified atom stereocenters. The Balaban J connectivity index is 0. The van der Waals surface area contributed by atoms with Gasteiger partial charge in [-0.05, 0) is 13.0 Å². The van der Waals surface area contributed by atoms with Crippen molar-refractivity contribution in [1.29, 1.82) is 0 Å². The molecule has 0 fully saturated rings. The lowest BCUT2D eigenvalue weighted by molar-refractivity contribution is -0.870. The van der Waals surface area contributed by atoms with Gasteiger partial charge in [-0.25, -0.2) is 0 Å². The minimum absolute atomic E-state index is 0.0404. The zero-order valence-electron chi connectivity index (χ0n) is 12.0. The van der Waals surface area contributed by atoms with Crippen LogP contribution in [-0.2, 0) is 9.59 Å². The molecule has 18 heavy (non-hydrogen) atoms. The van der Waals surface area contributed by atoms with Gasteiger partial charge in [0.15, 0.2) is 0 Å². The Labute approximate surface area is 110 Å². The Morgan fingerprint density at radius 1 is 1.33 bits per heavy atom. The molecule has 0 radical (unpaired) electrons. The maximum Gasteiger partial charge on any atom is 0.246 e. The molecule has 5 nitrogen and oxygen atoms in total. The third-order valence-electron chi connectivity index (χ3n) is 1.88. The molecule has 5 heteroatoms. The van der Waals surface area contributed by atoms with Crippen LogP contribution in [0.25, 0.3) is 0 Å². The van der Waals surface area contributed by atoms with E-state index in [1.165, 1.54) is 0 Å². The number of carbonyl (C=O) groups is 2. The molecular formula is C13H26N3O2+. The number of rotatable bonds is 6. The van der Waals surface area contributed by atoms with Crippen molar-refractivity contribution >= 4 is 11.8 Å². The minimum atomic E-state index is -0.481. The number of carbonyl (C=O) groups excluding carboxylic acids is 2. The Morgan fingerprint density at radius 2 is 1.78 bits per heavy atom. The lowest BCUT2D eigenvalue weighted by atomic mass is 10.3. The molecule has 104 valence electrons. The third-order valence-corrected chi connectivity index (χ3v) is 1.88. The van der Waals surface area contributed by atoms with Gasteiger partial charge < -0.3 is 15.5 Å². The van der Waals surface area contributed by atoms with Crippen LogP contribution in [0.5, 0.6) is 0 Å². The summed E-state index contributed by atoms with van der Waals surface area (Å²) < 4.78 is 0.933. The Bertz CT molecular complexity index is 304. The number of hydrogen-bond donors (Lipinski definition) is 2. The topological polar surface area (TPSA) is 72.2 Å². The van der Waals surface area contributed by atoms with Gasteiger partial charge in [0.1, 0.15) is 0 Å². The zero-order valence-corrected chi connectivity index (χ0v) is 12.0. The monoisotopic (exact) mass is 256 g/mol. The first-order valence-corrected chi connectivity index (χ1v) is 5.76. The Kier molecular flexibility index (Phi) is 9.80. The standard InChI is InChI=1S/C10H20N2O.C3H5NO/c1-9(2)10(13)11-7-6-8-12(3,4)5;1-2-3(4)5/h1,6-8H2,2-5H3;2H,1H2,(H2,4,5)/p+1. The van der Waals surface area contributed by atoms with E-state index in [4.69, 9.17) is 0 Å². The lowest BCUT2D eigenvalue weighted by Gasteiger charge is -2.23. The summed E-state index contributed by atoms with van der Waals surface area (Å²) in [5, 5.41) is 2.81. The van der Waals surface area contributed by atoms with E-state index >= 15 is 0 Å². The summed E-state index contributed by atoms with van der Waals surface area (Å²) in [4.78, 5) is 20.5. The summed E-state index contributed by atoms with van der Waals surface area (Å²) >= 11 is 0. The second kappa shape index (κ2) is 9.41. The molecule has 0 aliphatic rings. The second-order valence-electron chi connectivity index (χ2n) is 5.01. The van der Waals surface area contributed by atoms with Crippen molar-refractivity contribution in [3.63, 3.8) is 0 Å². The summed E-state index contributed by atoms with van der Waals surface area (Å²) in [6.07, 6.45) is 2.06. The van der Waals surface area contributed by atoms with Crippen molar-refractivity contribution < 1.29 is 14.1 Å². The highest BCUT2D eigenvalue weighted by Gasteiger charge is 2.06. The number of quaternary nitrogens is 1. The predicted octanol–water partition coefficient (Wildman–Crippen LogP) is 0.433. The van der Waals surface area contributed by atoms with Crippen LogP contribution in [0.1, 0.15) is 13.3 Å². The van der Waals surface area contributed by atoms with E-state index in [2.05, 4.69) is 45.4 Å². The van der Waals surface area contributed by atoms with Crippen molar-refractivity contribution in [2.45, 2.75) is 13.3 Å². The predicted molar refractivity (Wildman–Crippen MR) is 74.7 cm³/mol. The molecule has 0 rings (SSSR count).